The minimum Gasteiger partial charge on any atom is -0.465 e. The van der Waals surface area contributed by atoms with Crippen molar-refractivity contribution in [3.8, 4) is 0 Å². The molecule has 2 rings (SSSR count). The molecule has 2 amide bonds. The summed E-state index contributed by atoms with van der Waals surface area (Å²) in [6, 6.07) is 11.5. The van der Waals surface area contributed by atoms with Crippen LogP contribution in [-0.4, -0.2) is 30.7 Å². The number of ether oxygens (including phenoxy) is 2. The molecule has 0 aliphatic carbocycles. The van der Waals surface area contributed by atoms with Gasteiger partial charge < -0.3 is 14.8 Å². The van der Waals surface area contributed by atoms with Gasteiger partial charge in [0.05, 0.1) is 24.0 Å². The molecule has 7 heteroatoms. The Morgan fingerprint density at radius 3 is 2.04 bits per heavy atom. The Kier molecular flexibility index (Phi) is 6.41. The summed E-state index contributed by atoms with van der Waals surface area (Å²) in [6.07, 6.45) is -0.627. The highest BCUT2D eigenvalue weighted by Gasteiger charge is 2.18. The number of methoxy groups -OCH3 is 1. The Labute approximate surface area is 164 Å². The van der Waals surface area contributed by atoms with Crippen LogP contribution in [0.2, 0.25) is 0 Å². The Hall–Kier alpha value is -3.35. The molecule has 0 bridgehead atoms. The third kappa shape index (κ3) is 5.84. The van der Waals surface area contributed by atoms with E-state index in [1.54, 1.807) is 64.1 Å². The van der Waals surface area contributed by atoms with E-state index in [-0.39, 0.29) is 5.56 Å². The zero-order valence-corrected chi connectivity index (χ0v) is 16.6. The number of hydrogen-bond donors (Lipinski definition) is 2. The fourth-order valence-corrected chi connectivity index (χ4v) is 2.46. The predicted molar refractivity (Wildman–Crippen MR) is 107 cm³/mol. The van der Waals surface area contributed by atoms with Crippen LogP contribution in [0.1, 0.15) is 47.1 Å². The van der Waals surface area contributed by atoms with Gasteiger partial charge in [0.25, 0.3) is 5.91 Å². The summed E-state index contributed by atoms with van der Waals surface area (Å²) in [7, 11) is 1.28. The second-order valence-corrected chi connectivity index (χ2v) is 7.21. The molecular formula is C21H24N2O5. The number of amides is 2. The van der Waals surface area contributed by atoms with Crippen LogP contribution in [0.15, 0.2) is 42.5 Å². The van der Waals surface area contributed by atoms with Crippen LogP contribution in [0.25, 0.3) is 0 Å². The maximum Gasteiger partial charge on any atom is 0.412 e. The Bertz CT molecular complexity index is 900. The average molecular weight is 384 g/mol. The van der Waals surface area contributed by atoms with E-state index in [0.717, 1.165) is 5.56 Å². The molecule has 7 nitrogen and oxygen atoms in total. The van der Waals surface area contributed by atoms with Gasteiger partial charge in [-0.25, -0.2) is 9.59 Å². The SMILES string of the molecule is COC(=O)c1cc(C)cc(C(=O)Nc2ccccc2NC(=O)OC(C)(C)C)c1. The molecule has 28 heavy (non-hydrogen) atoms. The smallest absolute Gasteiger partial charge is 0.412 e. The summed E-state index contributed by atoms with van der Waals surface area (Å²) in [5, 5.41) is 5.37. The molecule has 0 saturated carbocycles. The normalized spacial score (nSPS) is 10.8. The van der Waals surface area contributed by atoms with E-state index in [2.05, 4.69) is 10.6 Å². The minimum absolute atomic E-state index is 0.285. The number of esters is 1. The first-order chi connectivity index (χ1) is 13.1. The van der Waals surface area contributed by atoms with E-state index in [1.165, 1.54) is 13.2 Å². The zero-order chi connectivity index (χ0) is 20.9. The number of anilines is 2. The molecule has 0 aliphatic heterocycles. The van der Waals surface area contributed by atoms with Gasteiger partial charge in [0.15, 0.2) is 0 Å². The number of aryl methyl sites for hydroxylation is 1. The average Bonchev–Trinajstić information content (AvgIpc) is 2.60. The third-order valence-electron chi connectivity index (χ3n) is 3.57. The number of carbonyl (C=O) groups excluding carboxylic acids is 3. The minimum atomic E-state index is -0.645. The summed E-state index contributed by atoms with van der Waals surface area (Å²) in [5.74, 6) is -0.947. The van der Waals surface area contributed by atoms with Crippen LogP contribution in [-0.2, 0) is 9.47 Å². The van der Waals surface area contributed by atoms with E-state index >= 15 is 0 Å². The molecule has 0 fully saturated rings. The molecule has 0 atom stereocenters. The molecule has 0 unspecified atom stereocenters. The number of benzene rings is 2. The molecular weight excluding hydrogens is 360 g/mol. The van der Waals surface area contributed by atoms with Crippen molar-refractivity contribution in [2.24, 2.45) is 0 Å². The first-order valence-corrected chi connectivity index (χ1v) is 8.69. The predicted octanol–water partition coefficient (Wildman–Crippen LogP) is 4.38. The summed E-state index contributed by atoms with van der Waals surface area (Å²) in [6.45, 7) is 7.06. The summed E-state index contributed by atoms with van der Waals surface area (Å²) in [5.41, 5.74) is 1.48. The zero-order valence-electron chi connectivity index (χ0n) is 16.6. The topological polar surface area (TPSA) is 93.7 Å². The number of para-hydroxylation sites is 2. The standard InChI is InChI=1S/C21H24N2O5/c1-13-10-14(12-15(11-13)19(25)27-5)18(24)22-16-8-6-7-9-17(16)23-20(26)28-21(2,3)4/h6-12H,1-5H3,(H,22,24)(H,23,26). The van der Waals surface area contributed by atoms with Gasteiger partial charge >= 0.3 is 12.1 Å². The molecule has 148 valence electrons. The van der Waals surface area contributed by atoms with E-state index in [1.807, 2.05) is 0 Å². The second kappa shape index (κ2) is 8.56. The van der Waals surface area contributed by atoms with Crippen molar-refractivity contribution in [3.05, 3.63) is 59.2 Å². The molecule has 0 saturated heterocycles. The van der Waals surface area contributed by atoms with Crippen molar-refractivity contribution >= 4 is 29.3 Å². The summed E-state index contributed by atoms with van der Waals surface area (Å²) in [4.78, 5) is 36.5. The summed E-state index contributed by atoms with van der Waals surface area (Å²) >= 11 is 0. The van der Waals surface area contributed by atoms with Crippen LogP contribution >= 0.6 is 0 Å². The van der Waals surface area contributed by atoms with Gasteiger partial charge in [-0.2, -0.15) is 0 Å². The van der Waals surface area contributed by atoms with Gasteiger partial charge in [-0.15, -0.1) is 0 Å². The second-order valence-electron chi connectivity index (χ2n) is 7.21. The van der Waals surface area contributed by atoms with E-state index < -0.39 is 23.6 Å². The summed E-state index contributed by atoms with van der Waals surface area (Å²) < 4.78 is 9.96. The Balaban J connectivity index is 2.22. The molecule has 0 aliphatic rings. The lowest BCUT2D eigenvalue weighted by Crippen LogP contribution is -2.27. The lowest BCUT2D eigenvalue weighted by molar-refractivity contribution is 0.0598. The molecule has 2 N–H and O–H groups in total. The highest BCUT2D eigenvalue weighted by molar-refractivity contribution is 6.08. The van der Waals surface area contributed by atoms with E-state index in [0.29, 0.717) is 16.9 Å². The monoisotopic (exact) mass is 384 g/mol. The molecule has 0 heterocycles. The number of hydrogen-bond acceptors (Lipinski definition) is 5. The number of nitrogens with one attached hydrogen (secondary N) is 2. The van der Waals surface area contributed by atoms with Crippen molar-refractivity contribution in [2.75, 3.05) is 17.7 Å². The Morgan fingerprint density at radius 2 is 1.46 bits per heavy atom. The van der Waals surface area contributed by atoms with Crippen molar-refractivity contribution in [1.29, 1.82) is 0 Å². The van der Waals surface area contributed by atoms with Crippen LogP contribution in [0.4, 0.5) is 16.2 Å². The maximum atomic E-state index is 12.7. The first kappa shape index (κ1) is 21.0. The fourth-order valence-electron chi connectivity index (χ4n) is 2.46. The highest BCUT2D eigenvalue weighted by Crippen LogP contribution is 2.23. The molecule has 0 spiro atoms. The quantitative estimate of drug-likeness (QED) is 0.763. The lowest BCUT2D eigenvalue weighted by atomic mass is 10.1. The van der Waals surface area contributed by atoms with Gasteiger partial charge in [-0.1, -0.05) is 12.1 Å². The van der Waals surface area contributed by atoms with Crippen LogP contribution < -0.4 is 10.6 Å². The van der Waals surface area contributed by atoms with Crippen LogP contribution in [0.3, 0.4) is 0 Å². The fraction of sp³-hybridized carbons (Fsp3) is 0.286. The maximum absolute atomic E-state index is 12.7. The first-order valence-electron chi connectivity index (χ1n) is 8.69. The Morgan fingerprint density at radius 1 is 0.893 bits per heavy atom. The van der Waals surface area contributed by atoms with Gasteiger partial charge in [-0.05, 0) is 63.6 Å². The van der Waals surface area contributed by atoms with Gasteiger partial charge in [0.2, 0.25) is 0 Å². The van der Waals surface area contributed by atoms with Gasteiger partial charge in [0, 0.05) is 5.56 Å². The van der Waals surface area contributed by atoms with E-state index in [9.17, 15) is 14.4 Å². The van der Waals surface area contributed by atoms with Crippen molar-refractivity contribution in [1.82, 2.24) is 0 Å². The number of rotatable bonds is 4. The van der Waals surface area contributed by atoms with E-state index in [4.69, 9.17) is 9.47 Å². The van der Waals surface area contributed by atoms with Crippen LogP contribution in [0.5, 0.6) is 0 Å². The molecule has 0 aromatic heterocycles. The largest absolute Gasteiger partial charge is 0.465 e. The van der Waals surface area contributed by atoms with Gasteiger partial charge in [-0.3, -0.25) is 10.1 Å². The molecule has 2 aromatic rings. The van der Waals surface area contributed by atoms with Crippen molar-refractivity contribution < 1.29 is 23.9 Å². The molecule has 2 aromatic carbocycles. The van der Waals surface area contributed by atoms with Crippen molar-refractivity contribution in [2.45, 2.75) is 33.3 Å². The highest BCUT2D eigenvalue weighted by atomic mass is 16.6. The van der Waals surface area contributed by atoms with Gasteiger partial charge in [0.1, 0.15) is 5.60 Å². The lowest BCUT2D eigenvalue weighted by Gasteiger charge is -2.20. The van der Waals surface area contributed by atoms with Crippen LogP contribution in [0, 0.1) is 6.92 Å². The number of carbonyl (C=O) groups is 3. The third-order valence-corrected chi connectivity index (χ3v) is 3.57. The molecule has 0 radical (unpaired) electrons. The van der Waals surface area contributed by atoms with Crippen molar-refractivity contribution in [3.63, 3.8) is 0 Å².